The molecule has 2 unspecified atom stereocenters. The smallest absolute Gasteiger partial charge is 0.111 e. The molecule has 1 aromatic carbocycles. The zero-order chi connectivity index (χ0) is 19.3. The van der Waals surface area contributed by atoms with Gasteiger partial charge in [0.25, 0.3) is 0 Å². The summed E-state index contributed by atoms with van der Waals surface area (Å²) in [5.41, 5.74) is 3.74. The van der Waals surface area contributed by atoms with Crippen molar-refractivity contribution in [1.82, 2.24) is 9.88 Å². The number of aromatic nitrogens is 1. The molecular weight excluding hydrogens is 336 g/mol. The highest BCUT2D eigenvalue weighted by Crippen LogP contribution is 2.47. The molecule has 3 rings (SSSR count). The Kier molecular flexibility index (Phi) is 6.96. The van der Waals surface area contributed by atoms with Gasteiger partial charge in [-0.3, -0.25) is 0 Å². The van der Waals surface area contributed by atoms with Crippen molar-refractivity contribution in [3.05, 3.63) is 35.5 Å². The molecule has 4 nitrogen and oxygen atoms in total. The summed E-state index contributed by atoms with van der Waals surface area (Å²) in [6.07, 6.45) is 7.26. The molecule has 0 amide bonds. The normalized spacial score (nSPS) is 20.9. The Hall–Kier alpha value is -1.36. The summed E-state index contributed by atoms with van der Waals surface area (Å²) >= 11 is 0. The van der Waals surface area contributed by atoms with Gasteiger partial charge in [0, 0.05) is 17.5 Å². The molecule has 27 heavy (non-hydrogen) atoms. The quantitative estimate of drug-likeness (QED) is 0.647. The topological polar surface area (TPSA) is 48.5 Å². The van der Waals surface area contributed by atoms with Gasteiger partial charge >= 0.3 is 0 Å². The Balaban J connectivity index is 2.00. The third-order valence-electron chi connectivity index (χ3n) is 6.10. The van der Waals surface area contributed by atoms with E-state index in [1.165, 1.54) is 22.2 Å². The lowest BCUT2D eigenvalue weighted by molar-refractivity contribution is -0.117. The Labute approximate surface area is 163 Å². The van der Waals surface area contributed by atoms with Crippen LogP contribution in [0.15, 0.2) is 24.3 Å². The van der Waals surface area contributed by atoms with Gasteiger partial charge in [-0.1, -0.05) is 31.5 Å². The van der Waals surface area contributed by atoms with Gasteiger partial charge in [0.05, 0.1) is 12.3 Å². The molecule has 4 heteroatoms. The van der Waals surface area contributed by atoms with Crippen LogP contribution in [-0.2, 0) is 16.8 Å². The third-order valence-corrected chi connectivity index (χ3v) is 6.10. The third kappa shape index (κ3) is 4.23. The van der Waals surface area contributed by atoms with E-state index >= 15 is 0 Å². The number of benzene rings is 1. The zero-order valence-corrected chi connectivity index (χ0v) is 17.3. The van der Waals surface area contributed by atoms with Gasteiger partial charge in [0.1, 0.15) is 5.60 Å². The van der Waals surface area contributed by atoms with E-state index in [1.54, 1.807) is 0 Å². The van der Waals surface area contributed by atoms with Crippen molar-refractivity contribution in [1.29, 1.82) is 0 Å². The van der Waals surface area contributed by atoms with Crippen LogP contribution < -0.4 is 0 Å². The number of aromatic amines is 1. The van der Waals surface area contributed by atoms with Crippen LogP contribution in [0.2, 0.25) is 0 Å². The second-order valence-electron chi connectivity index (χ2n) is 8.27. The monoisotopic (exact) mass is 372 g/mol. The van der Waals surface area contributed by atoms with Gasteiger partial charge in [0.15, 0.2) is 0 Å². The zero-order valence-electron chi connectivity index (χ0n) is 17.3. The molecule has 0 aliphatic carbocycles. The first kappa shape index (κ1) is 20.4. The molecular formula is C23H36N2O2. The highest BCUT2D eigenvalue weighted by atomic mass is 16.5. The SMILES string of the molecule is CCCC1(C(CCCO)CCCN(C)C)OCCc2c1[nH]c1ccccc21. The molecule has 1 aromatic heterocycles. The molecule has 2 N–H and O–H groups in total. The van der Waals surface area contributed by atoms with Gasteiger partial charge in [-0.15, -0.1) is 0 Å². The number of hydrogen-bond donors (Lipinski definition) is 2. The maximum Gasteiger partial charge on any atom is 0.111 e. The summed E-state index contributed by atoms with van der Waals surface area (Å²) in [5.74, 6) is 0.427. The standard InChI is InChI=1S/C23H36N2O2/c1-4-14-23(18(10-8-16-26)9-7-15-25(2)3)22-20(13-17-27-23)19-11-5-6-12-21(19)24-22/h5-6,11-12,18,24,26H,4,7-10,13-17H2,1-3H3. The number of aliphatic hydroxyl groups is 1. The Morgan fingerprint density at radius 1 is 1.22 bits per heavy atom. The first-order chi connectivity index (χ1) is 13.1. The maximum atomic E-state index is 9.49. The molecule has 2 aromatic rings. The first-order valence-corrected chi connectivity index (χ1v) is 10.6. The first-order valence-electron chi connectivity index (χ1n) is 10.6. The highest BCUT2D eigenvalue weighted by Gasteiger charge is 2.45. The lowest BCUT2D eigenvalue weighted by atomic mass is 9.73. The van der Waals surface area contributed by atoms with Crippen LogP contribution in [0.3, 0.4) is 0 Å². The predicted molar refractivity (Wildman–Crippen MR) is 112 cm³/mol. The molecule has 0 saturated heterocycles. The van der Waals surface area contributed by atoms with Gasteiger partial charge in [-0.2, -0.15) is 0 Å². The number of rotatable bonds is 10. The average Bonchev–Trinajstić information content (AvgIpc) is 3.04. The van der Waals surface area contributed by atoms with Crippen molar-refractivity contribution in [3.8, 4) is 0 Å². The van der Waals surface area contributed by atoms with Crippen LogP contribution in [0, 0.1) is 5.92 Å². The number of nitrogens with zero attached hydrogens (tertiary/aromatic N) is 1. The van der Waals surface area contributed by atoms with Crippen LogP contribution in [-0.4, -0.2) is 48.8 Å². The van der Waals surface area contributed by atoms with Gasteiger partial charge in [0.2, 0.25) is 0 Å². The number of ether oxygens (including phenoxy) is 1. The van der Waals surface area contributed by atoms with Gasteiger partial charge in [-0.05, 0) is 76.7 Å². The number of para-hydroxylation sites is 1. The van der Waals surface area contributed by atoms with E-state index in [2.05, 4.69) is 55.2 Å². The highest BCUT2D eigenvalue weighted by molar-refractivity contribution is 5.85. The summed E-state index contributed by atoms with van der Waals surface area (Å²) in [5, 5.41) is 10.8. The minimum absolute atomic E-state index is 0.247. The summed E-state index contributed by atoms with van der Waals surface area (Å²) < 4.78 is 6.65. The molecule has 1 aliphatic rings. The van der Waals surface area contributed by atoms with Crippen molar-refractivity contribution in [2.45, 2.75) is 57.5 Å². The number of aliphatic hydroxyl groups excluding tert-OH is 1. The van der Waals surface area contributed by atoms with Crippen molar-refractivity contribution in [3.63, 3.8) is 0 Å². The second kappa shape index (κ2) is 9.22. The Morgan fingerprint density at radius 3 is 2.74 bits per heavy atom. The minimum Gasteiger partial charge on any atom is -0.396 e. The molecule has 0 radical (unpaired) electrons. The van der Waals surface area contributed by atoms with Crippen molar-refractivity contribution in [2.24, 2.45) is 5.92 Å². The largest absolute Gasteiger partial charge is 0.396 e. The summed E-state index contributed by atoms with van der Waals surface area (Å²) in [4.78, 5) is 6.01. The van der Waals surface area contributed by atoms with Crippen LogP contribution in [0.4, 0.5) is 0 Å². The van der Waals surface area contributed by atoms with E-state index in [4.69, 9.17) is 4.74 Å². The van der Waals surface area contributed by atoms with Crippen LogP contribution in [0.5, 0.6) is 0 Å². The lowest BCUT2D eigenvalue weighted by Gasteiger charge is -2.44. The number of fused-ring (bicyclic) bond motifs is 3. The van der Waals surface area contributed by atoms with Gasteiger partial charge < -0.3 is 19.7 Å². The summed E-state index contributed by atoms with van der Waals surface area (Å²) in [7, 11) is 4.27. The minimum atomic E-state index is -0.247. The average molecular weight is 373 g/mol. The number of H-pyrrole nitrogens is 1. The van der Waals surface area contributed by atoms with E-state index in [-0.39, 0.29) is 12.2 Å². The van der Waals surface area contributed by atoms with Crippen LogP contribution >= 0.6 is 0 Å². The van der Waals surface area contributed by atoms with E-state index in [1.807, 2.05) is 0 Å². The molecule has 150 valence electrons. The fourth-order valence-corrected chi connectivity index (χ4v) is 4.93. The molecule has 0 fully saturated rings. The van der Waals surface area contributed by atoms with E-state index in [0.717, 1.165) is 58.1 Å². The van der Waals surface area contributed by atoms with Crippen molar-refractivity contribution in [2.75, 3.05) is 33.9 Å². The molecule has 2 heterocycles. The maximum absolute atomic E-state index is 9.49. The predicted octanol–water partition coefficient (Wildman–Crippen LogP) is 4.47. The van der Waals surface area contributed by atoms with Crippen LogP contribution in [0.25, 0.3) is 10.9 Å². The molecule has 2 atom stereocenters. The summed E-state index contributed by atoms with van der Waals surface area (Å²) in [6.45, 7) is 4.40. The van der Waals surface area contributed by atoms with Crippen molar-refractivity contribution >= 4 is 10.9 Å². The molecule has 0 spiro atoms. The van der Waals surface area contributed by atoms with Gasteiger partial charge in [-0.25, -0.2) is 0 Å². The lowest BCUT2D eigenvalue weighted by Crippen LogP contribution is -2.43. The number of nitrogens with one attached hydrogen (secondary N) is 1. The fourth-order valence-electron chi connectivity index (χ4n) is 4.93. The number of hydrogen-bond acceptors (Lipinski definition) is 3. The molecule has 1 aliphatic heterocycles. The molecule has 0 bridgehead atoms. The fraction of sp³-hybridized carbons (Fsp3) is 0.652. The van der Waals surface area contributed by atoms with E-state index in [9.17, 15) is 5.11 Å². The Bertz CT molecular complexity index is 724. The van der Waals surface area contributed by atoms with E-state index < -0.39 is 0 Å². The van der Waals surface area contributed by atoms with Crippen LogP contribution in [0.1, 0.15) is 56.7 Å². The Morgan fingerprint density at radius 2 is 2.00 bits per heavy atom. The van der Waals surface area contributed by atoms with Crippen molar-refractivity contribution < 1.29 is 9.84 Å². The summed E-state index contributed by atoms with van der Waals surface area (Å²) in [6, 6.07) is 8.65. The van der Waals surface area contributed by atoms with E-state index in [0.29, 0.717) is 5.92 Å². The molecule has 0 saturated carbocycles. The second-order valence-corrected chi connectivity index (χ2v) is 8.27.